The van der Waals surface area contributed by atoms with Crippen molar-refractivity contribution in [1.29, 1.82) is 0 Å². The number of hydrogen-bond donors (Lipinski definition) is 2. The zero-order valence-corrected chi connectivity index (χ0v) is 20.1. The maximum absolute atomic E-state index is 5.67. The molecule has 0 bridgehead atoms. The molecule has 0 amide bonds. The van der Waals surface area contributed by atoms with Crippen molar-refractivity contribution in [3.05, 3.63) is 65.2 Å². The van der Waals surface area contributed by atoms with Crippen LogP contribution in [-0.2, 0) is 13.1 Å². The molecule has 0 spiro atoms. The molecule has 2 aromatic carbocycles. The van der Waals surface area contributed by atoms with Gasteiger partial charge in [0.1, 0.15) is 5.75 Å². The molecule has 32 heavy (non-hydrogen) atoms. The third-order valence-corrected chi connectivity index (χ3v) is 6.21. The minimum absolute atomic E-state index is 0.250. The van der Waals surface area contributed by atoms with Crippen LogP contribution in [0.2, 0.25) is 0 Å². The Hall–Kier alpha value is -2.57. The predicted molar refractivity (Wildman–Crippen MR) is 133 cm³/mol. The fraction of sp³-hybridized carbons (Fsp3) is 0.500. The zero-order chi connectivity index (χ0) is 22.8. The van der Waals surface area contributed by atoms with Gasteiger partial charge >= 0.3 is 0 Å². The molecule has 0 saturated carbocycles. The molecule has 0 aromatic heterocycles. The molecule has 174 valence electrons. The first-order valence-corrected chi connectivity index (χ1v) is 11.7. The maximum Gasteiger partial charge on any atom is 0.191 e. The molecule has 3 rings (SSSR count). The smallest absolute Gasteiger partial charge is 0.191 e. The number of methoxy groups -OCH3 is 1. The Balaban J connectivity index is 1.62. The number of aliphatic imine (C=N–C) groups is 1. The SMILES string of the molecule is CCN(C)Cc1cccc(CNC(=NC)NCC(c2ccccc2OC)N2CCCC2)c1. The van der Waals surface area contributed by atoms with Crippen molar-refractivity contribution in [3.8, 4) is 5.75 Å². The molecule has 1 atom stereocenters. The first kappa shape index (κ1) is 24.1. The maximum atomic E-state index is 5.67. The summed E-state index contributed by atoms with van der Waals surface area (Å²) >= 11 is 0. The van der Waals surface area contributed by atoms with Crippen LogP contribution in [0.5, 0.6) is 5.75 Å². The van der Waals surface area contributed by atoms with Gasteiger partial charge in [0, 0.05) is 32.2 Å². The van der Waals surface area contributed by atoms with Crippen molar-refractivity contribution < 1.29 is 4.74 Å². The quantitative estimate of drug-likeness (QED) is 0.439. The van der Waals surface area contributed by atoms with Crippen molar-refractivity contribution in [2.45, 2.75) is 38.9 Å². The predicted octanol–water partition coefficient (Wildman–Crippen LogP) is 3.65. The van der Waals surface area contributed by atoms with Crippen LogP contribution in [0.15, 0.2) is 53.5 Å². The molecule has 6 heteroatoms. The van der Waals surface area contributed by atoms with Gasteiger partial charge in [-0.15, -0.1) is 0 Å². The standard InChI is InChI=1S/C26H39N5O/c1-5-30(3)20-22-12-10-11-21(17-22)18-28-26(27-2)29-19-24(31-15-8-9-16-31)23-13-6-7-14-25(23)32-4/h6-7,10-14,17,24H,5,8-9,15-16,18-20H2,1-4H3,(H2,27,28,29). The van der Waals surface area contributed by atoms with Gasteiger partial charge < -0.3 is 20.3 Å². The first-order valence-electron chi connectivity index (χ1n) is 11.7. The lowest BCUT2D eigenvalue weighted by atomic mass is 10.0. The lowest BCUT2D eigenvalue weighted by molar-refractivity contribution is 0.239. The van der Waals surface area contributed by atoms with E-state index in [9.17, 15) is 0 Å². The largest absolute Gasteiger partial charge is 0.496 e. The van der Waals surface area contributed by atoms with Crippen LogP contribution in [0, 0.1) is 0 Å². The van der Waals surface area contributed by atoms with Gasteiger partial charge in [-0.1, -0.05) is 49.4 Å². The Morgan fingerprint density at radius 3 is 2.56 bits per heavy atom. The van der Waals surface area contributed by atoms with Crippen LogP contribution in [0.3, 0.4) is 0 Å². The summed E-state index contributed by atoms with van der Waals surface area (Å²) in [5, 5.41) is 7.04. The highest BCUT2D eigenvalue weighted by Crippen LogP contribution is 2.31. The second-order valence-electron chi connectivity index (χ2n) is 8.46. The normalized spacial score (nSPS) is 15.7. The number of hydrogen-bond acceptors (Lipinski definition) is 4. The van der Waals surface area contributed by atoms with Crippen molar-refractivity contribution in [1.82, 2.24) is 20.4 Å². The van der Waals surface area contributed by atoms with Crippen LogP contribution in [0.4, 0.5) is 0 Å². The summed E-state index contributed by atoms with van der Waals surface area (Å²) in [4.78, 5) is 9.31. The minimum atomic E-state index is 0.250. The number of benzene rings is 2. The number of para-hydroxylation sites is 1. The van der Waals surface area contributed by atoms with E-state index in [1.165, 1.54) is 29.5 Å². The van der Waals surface area contributed by atoms with Gasteiger partial charge in [0.2, 0.25) is 0 Å². The second kappa shape index (κ2) is 12.5. The van der Waals surface area contributed by atoms with Gasteiger partial charge in [-0.2, -0.15) is 0 Å². The van der Waals surface area contributed by atoms with E-state index in [4.69, 9.17) is 4.74 Å². The van der Waals surface area contributed by atoms with Gasteiger partial charge in [0.05, 0.1) is 13.2 Å². The fourth-order valence-corrected chi connectivity index (χ4v) is 4.29. The molecule has 1 heterocycles. The van der Waals surface area contributed by atoms with Crippen LogP contribution < -0.4 is 15.4 Å². The molecule has 1 unspecified atom stereocenters. The van der Waals surface area contributed by atoms with E-state index in [0.717, 1.165) is 51.0 Å². The molecule has 6 nitrogen and oxygen atoms in total. The zero-order valence-electron chi connectivity index (χ0n) is 20.1. The summed E-state index contributed by atoms with van der Waals surface area (Å²) < 4.78 is 5.67. The van der Waals surface area contributed by atoms with E-state index in [2.05, 4.69) is 81.9 Å². The highest BCUT2D eigenvalue weighted by Gasteiger charge is 2.26. The lowest BCUT2D eigenvalue weighted by Crippen LogP contribution is -2.42. The van der Waals surface area contributed by atoms with Crippen molar-refractivity contribution in [3.63, 3.8) is 0 Å². The third-order valence-electron chi connectivity index (χ3n) is 6.21. The fourth-order valence-electron chi connectivity index (χ4n) is 4.29. The topological polar surface area (TPSA) is 52.1 Å². The number of nitrogens with one attached hydrogen (secondary N) is 2. The van der Waals surface area contributed by atoms with E-state index in [1.54, 1.807) is 7.11 Å². The molecule has 2 N–H and O–H groups in total. The Morgan fingerprint density at radius 1 is 1.09 bits per heavy atom. The van der Waals surface area contributed by atoms with Gasteiger partial charge in [-0.25, -0.2) is 0 Å². The number of ether oxygens (including phenoxy) is 1. The number of likely N-dealkylation sites (tertiary alicyclic amines) is 1. The van der Waals surface area contributed by atoms with E-state index in [-0.39, 0.29) is 6.04 Å². The number of nitrogens with zero attached hydrogens (tertiary/aromatic N) is 3. The van der Waals surface area contributed by atoms with Crippen LogP contribution in [0.1, 0.15) is 42.5 Å². The third kappa shape index (κ3) is 6.71. The summed E-state index contributed by atoms with van der Waals surface area (Å²) in [5.74, 6) is 1.77. The van der Waals surface area contributed by atoms with E-state index in [0.29, 0.717) is 0 Å². The molecule has 2 aromatic rings. The molecule has 1 fully saturated rings. The summed E-state index contributed by atoms with van der Waals surface area (Å²) in [5.41, 5.74) is 3.82. The highest BCUT2D eigenvalue weighted by atomic mass is 16.5. The Kier molecular flexibility index (Phi) is 9.38. The average molecular weight is 438 g/mol. The molecule has 1 aliphatic heterocycles. The Bertz CT molecular complexity index is 863. The Morgan fingerprint density at radius 2 is 1.84 bits per heavy atom. The second-order valence-corrected chi connectivity index (χ2v) is 8.46. The summed E-state index contributed by atoms with van der Waals surface area (Å²) in [6.07, 6.45) is 2.50. The molecule has 0 radical (unpaired) electrons. The monoisotopic (exact) mass is 437 g/mol. The summed E-state index contributed by atoms with van der Waals surface area (Å²) in [6, 6.07) is 17.4. The van der Waals surface area contributed by atoms with Crippen molar-refractivity contribution in [2.75, 3.05) is 47.4 Å². The van der Waals surface area contributed by atoms with Crippen LogP contribution in [0.25, 0.3) is 0 Å². The van der Waals surface area contributed by atoms with Crippen molar-refractivity contribution in [2.24, 2.45) is 4.99 Å². The summed E-state index contributed by atoms with van der Waals surface area (Å²) in [7, 11) is 5.73. The van der Waals surface area contributed by atoms with Gasteiger partial charge in [-0.3, -0.25) is 9.89 Å². The number of guanidine groups is 1. The Labute approximate surface area is 193 Å². The molecule has 1 saturated heterocycles. The van der Waals surface area contributed by atoms with E-state index in [1.807, 2.05) is 13.1 Å². The van der Waals surface area contributed by atoms with Gasteiger partial charge in [0.15, 0.2) is 5.96 Å². The summed E-state index contributed by atoms with van der Waals surface area (Å²) in [6.45, 7) is 7.96. The highest BCUT2D eigenvalue weighted by molar-refractivity contribution is 5.79. The van der Waals surface area contributed by atoms with Gasteiger partial charge in [-0.05, 0) is 56.7 Å². The molecule has 1 aliphatic rings. The van der Waals surface area contributed by atoms with E-state index < -0.39 is 0 Å². The lowest BCUT2D eigenvalue weighted by Gasteiger charge is -2.30. The van der Waals surface area contributed by atoms with E-state index >= 15 is 0 Å². The average Bonchev–Trinajstić information content (AvgIpc) is 3.36. The van der Waals surface area contributed by atoms with Crippen LogP contribution >= 0.6 is 0 Å². The molecule has 0 aliphatic carbocycles. The molecular weight excluding hydrogens is 398 g/mol. The van der Waals surface area contributed by atoms with Crippen molar-refractivity contribution >= 4 is 5.96 Å². The van der Waals surface area contributed by atoms with Crippen LogP contribution in [-0.4, -0.2) is 63.1 Å². The minimum Gasteiger partial charge on any atom is -0.496 e. The molecular formula is C26H39N5O. The van der Waals surface area contributed by atoms with Gasteiger partial charge in [0.25, 0.3) is 0 Å². The number of rotatable bonds is 10. The first-order chi connectivity index (χ1) is 15.6.